The van der Waals surface area contributed by atoms with Crippen LogP contribution in [0.1, 0.15) is 22.8 Å². The molecule has 1 saturated heterocycles. The van der Waals surface area contributed by atoms with Gasteiger partial charge in [0.2, 0.25) is 10.0 Å². The number of urea groups is 1. The van der Waals surface area contributed by atoms with E-state index in [1.165, 1.54) is 40.3 Å². The molecule has 0 unspecified atom stereocenters. The molecule has 164 valence electrons. The molecule has 4 amide bonds. The van der Waals surface area contributed by atoms with Crippen LogP contribution < -0.4 is 15.5 Å². The lowest BCUT2D eigenvalue weighted by molar-refractivity contribution is -0.132. The van der Waals surface area contributed by atoms with Crippen LogP contribution >= 0.6 is 0 Å². The van der Waals surface area contributed by atoms with Crippen molar-refractivity contribution in [1.82, 2.24) is 20.1 Å². The Morgan fingerprint density at radius 1 is 1.13 bits per heavy atom. The number of carbonyl (C=O) groups is 3. The zero-order valence-corrected chi connectivity index (χ0v) is 18.2. The summed E-state index contributed by atoms with van der Waals surface area (Å²) >= 11 is 0. The van der Waals surface area contributed by atoms with Crippen LogP contribution in [-0.4, -0.2) is 56.8 Å². The van der Waals surface area contributed by atoms with E-state index < -0.39 is 33.4 Å². The summed E-state index contributed by atoms with van der Waals surface area (Å²) in [6.45, 7) is 1.53. The van der Waals surface area contributed by atoms with E-state index in [1.807, 2.05) is 0 Å². The quantitative estimate of drug-likeness (QED) is 0.639. The van der Waals surface area contributed by atoms with Gasteiger partial charge in [-0.05, 0) is 30.7 Å². The predicted molar refractivity (Wildman–Crippen MR) is 111 cm³/mol. The van der Waals surface area contributed by atoms with Crippen molar-refractivity contribution in [3.05, 3.63) is 59.7 Å². The van der Waals surface area contributed by atoms with Gasteiger partial charge in [0.1, 0.15) is 16.2 Å². The van der Waals surface area contributed by atoms with Gasteiger partial charge in [0, 0.05) is 19.7 Å². The number of methoxy groups -OCH3 is 1. The van der Waals surface area contributed by atoms with E-state index in [1.54, 1.807) is 30.3 Å². The van der Waals surface area contributed by atoms with Crippen molar-refractivity contribution in [2.45, 2.75) is 17.4 Å². The fourth-order valence-corrected chi connectivity index (χ4v) is 4.16. The molecule has 0 aliphatic carbocycles. The Hall–Kier alpha value is -3.44. The van der Waals surface area contributed by atoms with E-state index in [9.17, 15) is 22.8 Å². The minimum absolute atomic E-state index is 0.0527. The minimum atomic E-state index is -3.91. The molecule has 2 aromatic rings. The van der Waals surface area contributed by atoms with Crippen LogP contribution in [0.3, 0.4) is 0 Å². The fraction of sp³-hybridized carbons (Fsp3) is 0.250. The number of benzene rings is 2. The topological polar surface area (TPSA) is 125 Å². The average Bonchev–Trinajstić information content (AvgIpc) is 2.97. The monoisotopic (exact) mass is 446 g/mol. The van der Waals surface area contributed by atoms with Gasteiger partial charge in [-0.1, -0.05) is 30.3 Å². The Labute approximate surface area is 179 Å². The van der Waals surface area contributed by atoms with Crippen molar-refractivity contribution >= 4 is 27.9 Å². The zero-order chi connectivity index (χ0) is 23.0. The maximum Gasteiger partial charge on any atom is 0.344 e. The first-order valence-corrected chi connectivity index (χ1v) is 10.6. The third kappa shape index (κ3) is 3.84. The second-order valence-corrected chi connectivity index (χ2v) is 9.28. The molecule has 31 heavy (non-hydrogen) atoms. The number of nitrogens with one attached hydrogen (secondary N) is 2. The summed E-state index contributed by atoms with van der Waals surface area (Å²) in [5.74, 6) is -1.46. The lowest BCUT2D eigenvalue weighted by Gasteiger charge is -2.22. The number of amides is 4. The molecular weight excluding hydrogens is 424 g/mol. The molecule has 2 N–H and O–H groups in total. The molecule has 11 heteroatoms. The van der Waals surface area contributed by atoms with Crippen molar-refractivity contribution in [3.63, 3.8) is 0 Å². The Bertz CT molecular complexity index is 1150. The standard InChI is InChI=1S/C20H22N4O6S/c1-20(14-8-6-5-7-9-14)18(26)24(19(27)21-20)22-17(25)13-10-11-15(30-4)16(12-13)31(28,29)23(2)3/h5-12H,1-4H3,(H,21,27)(H,22,25)/t20-/m0/s1. The van der Waals surface area contributed by atoms with Crippen LogP contribution in [0.2, 0.25) is 0 Å². The van der Waals surface area contributed by atoms with Gasteiger partial charge in [0.15, 0.2) is 0 Å². The van der Waals surface area contributed by atoms with E-state index >= 15 is 0 Å². The zero-order valence-electron chi connectivity index (χ0n) is 17.4. The van der Waals surface area contributed by atoms with E-state index in [0.717, 1.165) is 10.4 Å². The van der Waals surface area contributed by atoms with Gasteiger partial charge in [-0.15, -0.1) is 0 Å². The van der Waals surface area contributed by atoms with Crippen molar-refractivity contribution < 1.29 is 27.5 Å². The minimum Gasteiger partial charge on any atom is -0.495 e. The first-order valence-electron chi connectivity index (χ1n) is 9.16. The van der Waals surface area contributed by atoms with Crippen LogP contribution in [0, 0.1) is 0 Å². The summed E-state index contributed by atoms with van der Waals surface area (Å²) in [6, 6.07) is 11.6. The molecule has 1 atom stereocenters. The number of hydrazine groups is 1. The number of carbonyl (C=O) groups excluding carboxylic acids is 3. The Morgan fingerprint density at radius 2 is 1.77 bits per heavy atom. The third-order valence-corrected chi connectivity index (χ3v) is 6.78. The highest BCUT2D eigenvalue weighted by molar-refractivity contribution is 7.89. The van der Waals surface area contributed by atoms with Crippen LogP contribution in [0.15, 0.2) is 53.4 Å². The molecule has 0 saturated carbocycles. The number of ether oxygens (including phenoxy) is 1. The van der Waals surface area contributed by atoms with E-state index in [-0.39, 0.29) is 16.2 Å². The first-order chi connectivity index (χ1) is 14.5. The summed E-state index contributed by atoms with van der Waals surface area (Å²) in [6.07, 6.45) is 0. The SMILES string of the molecule is COc1ccc(C(=O)NN2C(=O)N[C@@](C)(c3ccccc3)C2=O)cc1S(=O)(=O)N(C)C. The number of nitrogens with zero attached hydrogens (tertiary/aromatic N) is 2. The number of hydrogen-bond donors (Lipinski definition) is 2. The molecule has 1 aliphatic heterocycles. The average molecular weight is 446 g/mol. The Kier molecular flexibility index (Phi) is 5.74. The molecule has 0 spiro atoms. The largest absolute Gasteiger partial charge is 0.495 e. The van der Waals surface area contributed by atoms with Gasteiger partial charge in [0.05, 0.1) is 7.11 Å². The van der Waals surface area contributed by atoms with Crippen molar-refractivity contribution in [2.24, 2.45) is 0 Å². The number of sulfonamides is 1. The highest BCUT2D eigenvalue weighted by Crippen LogP contribution is 2.29. The molecule has 10 nitrogen and oxygen atoms in total. The second-order valence-electron chi connectivity index (χ2n) is 7.16. The number of hydrogen-bond acceptors (Lipinski definition) is 6. The highest BCUT2D eigenvalue weighted by atomic mass is 32.2. The first kappa shape index (κ1) is 22.2. The van der Waals surface area contributed by atoms with Gasteiger partial charge in [-0.25, -0.2) is 17.5 Å². The lowest BCUT2D eigenvalue weighted by atomic mass is 9.92. The molecular formula is C20H22N4O6S. The highest BCUT2D eigenvalue weighted by Gasteiger charge is 2.50. The Balaban J connectivity index is 1.90. The summed E-state index contributed by atoms with van der Waals surface area (Å²) in [4.78, 5) is 37.9. The summed E-state index contributed by atoms with van der Waals surface area (Å²) in [5.41, 5.74) is 1.37. The second kappa shape index (κ2) is 8.00. The van der Waals surface area contributed by atoms with Crippen LogP contribution in [0.5, 0.6) is 5.75 Å². The third-order valence-electron chi connectivity index (χ3n) is 4.94. The van der Waals surface area contributed by atoms with Gasteiger partial charge < -0.3 is 10.1 Å². The molecule has 0 radical (unpaired) electrons. The van der Waals surface area contributed by atoms with E-state index in [2.05, 4.69) is 10.7 Å². The van der Waals surface area contributed by atoms with E-state index in [0.29, 0.717) is 10.6 Å². The van der Waals surface area contributed by atoms with Gasteiger partial charge in [-0.2, -0.15) is 5.01 Å². The smallest absolute Gasteiger partial charge is 0.344 e. The van der Waals surface area contributed by atoms with Gasteiger partial charge >= 0.3 is 6.03 Å². The molecule has 0 bridgehead atoms. The molecule has 0 aromatic heterocycles. The molecule has 1 heterocycles. The molecule has 3 rings (SSSR count). The van der Waals surface area contributed by atoms with Gasteiger partial charge in [0.25, 0.3) is 11.8 Å². The van der Waals surface area contributed by atoms with Crippen molar-refractivity contribution in [2.75, 3.05) is 21.2 Å². The van der Waals surface area contributed by atoms with Crippen LogP contribution in [0.4, 0.5) is 4.79 Å². The summed E-state index contributed by atoms with van der Waals surface area (Å²) in [5, 5.41) is 3.16. The maximum atomic E-state index is 12.9. The predicted octanol–water partition coefficient (Wildman–Crippen LogP) is 1.06. The fourth-order valence-electron chi connectivity index (χ4n) is 3.09. The molecule has 2 aromatic carbocycles. The lowest BCUT2D eigenvalue weighted by Crippen LogP contribution is -2.47. The number of rotatable bonds is 6. The molecule has 1 aliphatic rings. The molecule has 1 fully saturated rings. The maximum absolute atomic E-state index is 12.9. The van der Waals surface area contributed by atoms with Crippen LogP contribution in [0.25, 0.3) is 0 Å². The summed E-state index contributed by atoms with van der Waals surface area (Å²) in [7, 11) is 0.0892. The van der Waals surface area contributed by atoms with E-state index in [4.69, 9.17) is 4.74 Å². The normalized spacial score (nSPS) is 18.8. The Morgan fingerprint density at radius 3 is 2.35 bits per heavy atom. The van der Waals surface area contributed by atoms with Crippen molar-refractivity contribution in [1.29, 1.82) is 0 Å². The number of imide groups is 1. The van der Waals surface area contributed by atoms with Gasteiger partial charge in [-0.3, -0.25) is 15.0 Å². The van der Waals surface area contributed by atoms with Crippen LogP contribution in [-0.2, 0) is 20.4 Å². The summed E-state index contributed by atoms with van der Waals surface area (Å²) < 4.78 is 31.2. The van der Waals surface area contributed by atoms with Crippen molar-refractivity contribution in [3.8, 4) is 5.75 Å².